The van der Waals surface area contributed by atoms with E-state index in [2.05, 4.69) is 24.1 Å². The molecule has 108 valence electrons. The Balaban J connectivity index is 2.27. The van der Waals surface area contributed by atoms with Crippen molar-refractivity contribution in [2.75, 3.05) is 0 Å². The number of para-hydroxylation sites is 2. The van der Waals surface area contributed by atoms with Crippen molar-refractivity contribution in [2.45, 2.75) is 52.6 Å². The molecule has 0 saturated carbocycles. The lowest BCUT2D eigenvalue weighted by atomic mass is 10.2. The number of aromatic nitrogens is 2. The van der Waals surface area contributed by atoms with Crippen LogP contribution in [0.15, 0.2) is 24.3 Å². The lowest BCUT2D eigenvalue weighted by Crippen LogP contribution is -2.34. The number of hydrogen-bond donors (Lipinski definition) is 1. The summed E-state index contributed by atoms with van der Waals surface area (Å²) in [6.07, 6.45) is 2.86. The highest BCUT2D eigenvalue weighted by Gasteiger charge is 2.13. The summed E-state index contributed by atoms with van der Waals surface area (Å²) in [6.45, 7) is 6.57. The van der Waals surface area contributed by atoms with Crippen LogP contribution in [0.3, 0.4) is 0 Å². The minimum absolute atomic E-state index is 0.0554. The van der Waals surface area contributed by atoms with E-state index in [1.54, 1.807) is 0 Å². The third-order valence-corrected chi connectivity index (χ3v) is 3.53. The second kappa shape index (κ2) is 6.55. The standard InChI is InChI=1S/C16H23N3O/c1-4-8-15-18-13-9-6-7-10-14(13)19(15)11-16(20)17-12(3)5-2/h6-7,9-10,12H,4-5,8,11H2,1-3H3,(H,17,20). The van der Waals surface area contributed by atoms with E-state index in [4.69, 9.17) is 0 Å². The van der Waals surface area contributed by atoms with Gasteiger partial charge in [-0.05, 0) is 31.9 Å². The molecule has 0 saturated heterocycles. The average Bonchev–Trinajstić information content (AvgIpc) is 2.77. The van der Waals surface area contributed by atoms with Gasteiger partial charge in [-0.25, -0.2) is 4.98 Å². The Hall–Kier alpha value is -1.84. The van der Waals surface area contributed by atoms with Crippen molar-refractivity contribution in [3.8, 4) is 0 Å². The van der Waals surface area contributed by atoms with Gasteiger partial charge < -0.3 is 9.88 Å². The molecule has 1 heterocycles. The smallest absolute Gasteiger partial charge is 0.240 e. The number of benzene rings is 1. The highest BCUT2D eigenvalue weighted by atomic mass is 16.2. The fraction of sp³-hybridized carbons (Fsp3) is 0.500. The van der Waals surface area contributed by atoms with Crippen LogP contribution in [0.1, 0.15) is 39.4 Å². The molecule has 0 aliphatic heterocycles. The van der Waals surface area contributed by atoms with Gasteiger partial charge in [-0.1, -0.05) is 26.0 Å². The molecule has 20 heavy (non-hydrogen) atoms. The fourth-order valence-corrected chi connectivity index (χ4v) is 2.28. The molecule has 2 rings (SSSR count). The Kier molecular flexibility index (Phi) is 4.77. The molecule has 1 aromatic carbocycles. The summed E-state index contributed by atoms with van der Waals surface area (Å²) in [6, 6.07) is 8.21. The van der Waals surface area contributed by atoms with Gasteiger partial charge in [0, 0.05) is 12.5 Å². The first-order valence-electron chi connectivity index (χ1n) is 7.39. The van der Waals surface area contributed by atoms with Crippen molar-refractivity contribution in [3.05, 3.63) is 30.1 Å². The summed E-state index contributed by atoms with van der Waals surface area (Å²) in [7, 11) is 0. The number of aryl methyl sites for hydroxylation is 1. The average molecular weight is 273 g/mol. The van der Waals surface area contributed by atoms with Crippen LogP contribution < -0.4 is 5.32 Å². The molecule has 0 aliphatic carbocycles. The molecule has 1 aromatic heterocycles. The molecule has 1 atom stereocenters. The van der Waals surface area contributed by atoms with Gasteiger partial charge in [-0.3, -0.25) is 4.79 Å². The molecule has 4 nitrogen and oxygen atoms in total. The number of nitrogens with zero attached hydrogens (tertiary/aromatic N) is 2. The van der Waals surface area contributed by atoms with E-state index >= 15 is 0 Å². The molecular weight excluding hydrogens is 250 g/mol. The highest BCUT2D eigenvalue weighted by Crippen LogP contribution is 2.17. The molecule has 0 fully saturated rings. The van der Waals surface area contributed by atoms with E-state index in [1.165, 1.54) is 0 Å². The van der Waals surface area contributed by atoms with Gasteiger partial charge in [-0.2, -0.15) is 0 Å². The summed E-state index contributed by atoms with van der Waals surface area (Å²) in [5, 5.41) is 3.01. The van der Waals surface area contributed by atoms with Crippen molar-refractivity contribution in [1.82, 2.24) is 14.9 Å². The zero-order valence-corrected chi connectivity index (χ0v) is 12.5. The number of nitrogens with one attached hydrogen (secondary N) is 1. The minimum atomic E-state index is 0.0554. The van der Waals surface area contributed by atoms with Crippen LogP contribution >= 0.6 is 0 Å². The summed E-state index contributed by atoms with van der Waals surface area (Å²) < 4.78 is 2.04. The summed E-state index contributed by atoms with van der Waals surface area (Å²) in [5.74, 6) is 1.05. The third-order valence-electron chi connectivity index (χ3n) is 3.53. The van der Waals surface area contributed by atoms with Crippen molar-refractivity contribution in [2.24, 2.45) is 0 Å². The molecule has 0 spiro atoms. The maximum absolute atomic E-state index is 12.1. The van der Waals surface area contributed by atoms with Gasteiger partial charge in [-0.15, -0.1) is 0 Å². The summed E-state index contributed by atoms with van der Waals surface area (Å²) in [4.78, 5) is 16.8. The maximum Gasteiger partial charge on any atom is 0.240 e. The Labute approximate surface area is 120 Å². The van der Waals surface area contributed by atoms with E-state index < -0.39 is 0 Å². The largest absolute Gasteiger partial charge is 0.352 e. The summed E-state index contributed by atoms with van der Waals surface area (Å²) in [5.41, 5.74) is 2.00. The van der Waals surface area contributed by atoms with Gasteiger partial charge in [0.2, 0.25) is 5.91 Å². The predicted octanol–water partition coefficient (Wildman–Crippen LogP) is 2.90. The molecule has 1 unspecified atom stereocenters. The lowest BCUT2D eigenvalue weighted by Gasteiger charge is -2.13. The van der Waals surface area contributed by atoms with Crippen LogP contribution in [0, 0.1) is 0 Å². The fourth-order valence-electron chi connectivity index (χ4n) is 2.28. The Morgan fingerprint density at radius 2 is 2.10 bits per heavy atom. The van der Waals surface area contributed by atoms with Crippen LogP contribution in [-0.2, 0) is 17.8 Å². The molecule has 0 aliphatic rings. The second-order valence-corrected chi connectivity index (χ2v) is 5.23. The third kappa shape index (κ3) is 3.18. The molecule has 0 bridgehead atoms. The quantitative estimate of drug-likeness (QED) is 0.879. The van der Waals surface area contributed by atoms with E-state index in [-0.39, 0.29) is 11.9 Å². The zero-order valence-electron chi connectivity index (χ0n) is 12.5. The monoisotopic (exact) mass is 273 g/mol. The number of amides is 1. The van der Waals surface area contributed by atoms with E-state index in [9.17, 15) is 4.79 Å². The van der Waals surface area contributed by atoms with Gasteiger partial charge in [0.15, 0.2) is 0 Å². The van der Waals surface area contributed by atoms with Crippen LogP contribution in [-0.4, -0.2) is 21.5 Å². The molecule has 4 heteroatoms. The number of carbonyl (C=O) groups is 1. The number of hydrogen-bond acceptors (Lipinski definition) is 2. The second-order valence-electron chi connectivity index (χ2n) is 5.23. The predicted molar refractivity (Wildman–Crippen MR) is 81.6 cm³/mol. The van der Waals surface area contributed by atoms with Crippen LogP contribution in [0.4, 0.5) is 0 Å². The van der Waals surface area contributed by atoms with Gasteiger partial charge in [0.05, 0.1) is 11.0 Å². The Morgan fingerprint density at radius 3 is 2.80 bits per heavy atom. The molecule has 1 N–H and O–H groups in total. The first kappa shape index (κ1) is 14.6. The SMILES string of the molecule is CCCc1nc2ccccc2n1CC(=O)NC(C)CC. The lowest BCUT2D eigenvalue weighted by molar-refractivity contribution is -0.122. The topological polar surface area (TPSA) is 46.9 Å². The number of imidazole rings is 1. The minimum Gasteiger partial charge on any atom is -0.352 e. The number of carbonyl (C=O) groups excluding carboxylic acids is 1. The van der Waals surface area contributed by atoms with Gasteiger partial charge >= 0.3 is 0 Å². The molecule has 1 amide bonds. The first-order valence-corrected chi connectivity index (χ1v) is 7.39. The van der Waals surface area contributed by atoms with Crippen LogP contribution in [0.2, 0.25) is 0 Å². The van der Waals surface area contributed by atoms with Crippen molar-refractivity contribution in [3.63, 3.8) is 0 Å². The molecular formula is C16H23N3O. The highest BCUT2D eigenvalue weighted by molar-refractivity contribution is 5.81. The van der Waals surface area contributed by atoms with Crippen molar-refractivity contribution in [1.29, 1.82) is 0 Å². The Bertz CT molecular complexity index is 588. The zero-order chi connectivity index (χ0) is 14.5. The Morgan fingerprint density at radius 1 is 1.35 bits per heavy atom. The van der Waals surface area contributed by atoms with E-state index in [0.717, 1.165) is 36.1 Å². The number of rotatable bonds is 6. The van der Waals surface area contributed by atoms with Gasteiger partial charge in [0.1, 0.15) is 12.4 Å². The normalized spacial score (nSPS) is 12.6. The first-order chi connectivity index (χ1) is 9.65. The van der Waals surface area contributed by atoms with Crippen LogP contribution in [0.25, 0.3) is 11.0 Å². The maximum atomic E-state index is 12.1. The summed E-state index contributed by atoms with van der Waals surface area (Å²) >= 11 is 0. The van der Waals surface area contributed by atoms with E-state index in [1.807, 2.05) is 35.8 Å². The van der Waals surface area contributed by atoms with Crippen molar-refractivity contribution >= 4 is 16.9 Å². The molecule has 0 radical (unpaired) electrons. The van der Waals surface area contributed by atoms with Gasteiger partial charge in [0.25, 0.3) is 0 Å². The molecule has 2 aromatic rings. The van der Waals surface area contributed by atoms with Crippen molar-refractivity contribution < 1.29 is 4.79 Å². The van der Waals surface area contributed by atoms with E-state index in [0.29, 0.717) is 6.54 Å². The number of fused-ring (bicyclic) bond motifs is 1. The van der Waals surface area contributed by atoms with Crippen LogP contribution in [0.5, 0.6) is 0 Å².